The second-order valence-electron chi connectivity index (χ2n) is 7.97. The lowest BCUT2D eigenvalue weighted by Crippen LogP contribution is -2.39. The number of likely N-dealkylation sites (tertiary alicyclic amines) is 1. The van der Waals surface area contributed by atoms with Crippen LogP contribution >= 0.6 is 0 Å². The number of hydrogen-bond donors (Lipinski definition) is 2. The van der Waals surface area contributed by atoms with E-state index in [2.05, 4.69) is 20.1 Å². The summed E-state index contributed by atoms with van der Waals surface area (Å²) in [6.07, 6.45) is 8.50. The number of nitrogens with one attached hydrogen (secondary N) is 1. The molecule has 1 unspecified atom stereocenters. The number of nitrogens with two attached hydrogens (primary N) is 1. The van der Waals surface area contributed by atoms with Crippen molar-refractivity contribution in [2.45, 2.75) is 44.4 Å². The summed E-state index contributed by atoms with van der Waals surface area (Å²) >= 11 is 0. The summed E-state index contributed by atoms with van der Waals surface area (Å²) in [4.78, 5) is 33.0. The summed E-state index contributed by atoms with van der Waals surface area (Å²) in [5, 5.41) is 6.86. The third kappa shape index (κ3) is 4.41. The second kappa shape index (κ2) is 8.63. The number of carbonyl (C=O) groups is 2. The summed E-state index contributed by atoms with van der Waals surface area (Å²) in [5.41, 5.74) is 6.99. The van der Waals surface area contributed by atoms with E-state index in [9.17, 15) is 9.59 Å². The van der Waals surface area contributed by atoms with Crippen LogP contribution in [0.15, 0.2) is 24.4 Å². The minimum atomic E-state index is -0.549. The number of rotatable bonds is 4. The van der Waals surface area contributed by atoms with Crippen LogP contribution in [0.3, 0.4) is 0 Å². The molecule has 29 heavy (non-hydrogen) atoms. The van der Waals surface area contributed by atoms with E-state index in [4.69, 9.17) is 5.73 Å². The van der Waals surface area contributed by atoms with Gasteiger partial charge in [-0.15, -0.1) is 0 Å². The number of aromatic nitrogens is 3. The Labute approximate surface area is 170 Å². The molecule has 2 aromatic rings. The maximum absolute atomic E-state index is 13.0. The predicted molar refractivity (Wildman–Crippen MR) is 110 cm³/mol. The Morgan fingerprint density at radius 3 is 2.52 bits per heavy atom. The van der Waals surface area contributed by atoms with Gasteiger partial charge in [-0.2, -0.15) is 5.10 Å². The number of piperidine rings is 1. The normalized spacial score (nSPS) is 20.3. The van der Waals surface area contributed by atoms with Gasteiger partial charge in [0.25, 0.3) is 11.8 Å². The standard InChI is InChI=1S/C21H28N6O2/c22-20(28)18-12-17(24-25-18)16-6-5-11-27(14-16)21(29)15-7-8-19(23-13-15)26-9-3-1-2-4-10-26/h7-8,12-13,16H,1-6,9-11,14H2,(H2,22,28)(H,24,25). The van der Waals surface area contributed by atoms with Crippen molar-refractivity contribution in [2.24, 2.45) is 5.73 Å². The van der Waals surface area contributed by atoms with E-state index in [-0.39, 0.29) is 17.5 Å². The molecule has 0 spiro atoms. The fraction of sp³-hybridized carbons (Fsp3) is 0.524. The Hall–Kier alpha value is -2.90. The monoisotopic (exact) mass is 396 g/mol. The van der Waals surface area contributed by atoms with Gasteiger partial charge in [0.15, 0.2) is 0 Å². The summed E-state index contributed by atoms with van der Waals surface area (Å²) in [5.74, 6) is 0.528. The molecule has 8 nitrogen and oxygen atoms in total. The molecule has 2 aromatic heterocycles. The zero-order chi connectivity index (χ0) is 20.2. The molecular formula is C21H28N6O2. The first-order chi connectivity index (χ1) is 14.1. The van der Waals surface area contributed by atoms with Crippen molar-refractivity contribution in [1.82, 2.24) is 20.1 Å². The number of hydrogen-bond acceptors (Lipinski definition) is 5. The molecule has 0 radical (unpaired) electrons. The highest BCUT2D eigenvalue weighted by molar-refractivity contribution is 5.94. The van der Waals surface area contributed by atoms with E-state index in [1.54, 1.807) is 12.3 Å². The number of nitrogens with zero attached hydrogens (tertiary/aromatic N) is 4. The fourth-order valence-corrected chi connectivity index (χ4v) is 4.27. The molecule has 4 rings (SSSR count). The highest BCUT2D eigenvalue weighted by atomic mass is 16.2. The van der Waals surface area contributed by atoms with Crippen molar-refractivity contribution in [3.8, 4) is 0 Å². The highest BCUT2D eigenvalue weighted by Crippen LogP contribution is 2.27. The van der Waals surface area contributed by atoms with E-state index in [0.29, 0.717) is 12.1 Å². The second-order valence-corrected chi connectivity index (χ2v) is 7.97. The summed E-state index contributed by atoms with van der Waals surface area (Å²) in [6, 6.07) is 5.55. The SMILES string of the molecule is NC(=O)c1cc(C2CCCN(C(=O)c3ccc(N4CCCCCC4)nc3)C2)[nH]n1. The highest BCUT2D eigenvalue weighted by Gasteiger charge is 2.27. The lowest BCUT2D eigenvalue weighted by Gasteiger charge is -2.32. The van der Waals surface area contributed by atoms with Gasteiger partial charge in [-0.25, -0.2) is 4.98 Å². The summed E-state index contributed by atoms with van der Waals surface area (Å²) in [6.45, 7) is 3.38. The molecule has 4 heterocycles. The molecule has 3 N–H and O–H groups in total. The lowest BCUT2D eigenvalue weighted by atomic mass is 9.94. The van der Waals surface area contributed by atoms with Gasteiger partial charge in [-0.3, -0.25) is 14.7 Å². The van der Waals surface area contributed by atoms with Crippen LogP contribution in [0.5, 0.6) is 0 Å². The predicted octanol–water partition coefficient (Wildman–Crippen LogP) is 2.30. The van der Waals surface area contributed by atoms with Crippen LogP contribution in [-0.2, 0) is 0 Å². The molecule has 2 aliphatic heterocycles. The number of carbonyl (C=O) groups excluding carboxylic acids is 2. The van der Waals surface area contributed by atoms with Crippen molar-refractivity contribution >= 4 is 17.6 Å². The Kier molecular flexibility index (Phi) is 5.78. The molecule has 2 amide bonds. The fourth-order valence-electron chi connectivity index (χ4n) is 4.27. The van der Waals surface area contributed by atoms with Crippen LogP contribution in [-0.4, -0.2) is 58.1 Å². The maximum Gasteiger partial charge on any atom is 0.269 e. The van der Waals surface area contributed by atoms with Gasteiger partial charge in [0.1, 0.15) is 11.5 Å². The molecule has 0 aromatic carbocycles. The molecule has 0 saturated carbocycles. The first kappa shape index (κ1) is 19.4. The third-order valence-corrected chi connectivity index (χ3v) is 5.92. The summed E-state index contributed by atoms with van der Waals surface area (Å²) < 4.78 is 0. The Morgan fingerprint density at radius 2 is 1.86 bits per heavy atom. The Balaban J connectivity index is 1.42. The van der Waals surface area contributed by atoms with Gasteiger partial charge in [0.05, 0.1) is 5.56 Å². The number of primary amides is 1. The van der Waals surface area contributed by atoms with Gasteiger partial charge in [0, 0.05) is 44.0 Å². The Bertz CT molecular complexity index is 854. The number of pyridine rings is 1. The molecule has 2 aliphatic rings. The molecular weight excluding hydrogens is 368 g/mol. The van der Waals surface area contributed by atoms with Gasteiger partial charge in [0.2, 0.25) is 0 Å². The van der Waals surface area contributed by atoms with E-state index >= 15 is 0 Å². The molecule has 1 atom stereocenters. The number of anilines is 1. The topological polar surface area (TPSA) is 108 Å². The Morgan fingerprint density at radius 1 is 1.07 bits per heavy atom. The smallest absolute Gasteiger partial charge is 0.269 e. The van der Waals surface area contributed by atoms with Gasteiger partial charge in [-0.1, -0.05) is 12.8 Å². The van der Waals surface area contributed by atoms with Crippen molar-refractivity contribution < 1.29 is 9.59 Å². The lowest BCUT2D eigenvalue weighted by molar-refractivity contribution is 0.0705. The molecule has 2 fully saturated rings. The van der Waals surface area contributed by atoms with Crippen LogP contribution < -0.4 is 10.6 Å². The van der Waals surface area contributed by atoms with Crippen LogP contribution in [0.25, 0.3) is 0 Å². The largest absolute Gasteiger partial charge is 0.364 e. The van der Waals surface area contributed by atoms with Crippen LogP contribution in [0, 0.1) is 0 Å². The average Bonchev–Trinajstić information content (AvgIpc) is 3.10. The van der Waals surface area contributed by atoms with Gasteiger partial charge >= 0.3 is 0 Å². The molecule has 154 valence electrons. The summed E-state index contributed by atoms with van der Waals surface area (Å²) in [7, 11) is 0. The van der Waals surface area contributed by atoms with E-state index in [1.807, 2.05) is 17.0 Å². The van der Waals surface area contributed by atoms with Gasteiger partial charge < -0.3 is 15.5 Å². The zero-order valence-corrected chi connectivity index (χ0v) is 16.6. The minimum Gasteiger partial charge on any atom is -0.364 e. The first-order valence-corrected chi connectivity index (χ1v) is 10.5. The van der Waals surface area contributed by atoms with E-state index < -0.39 is 5.91 Å². The quantitative estimate of drug-likeness (QED) is 0.824. The minimum absolute atomic E-state index is 0.000689. The van der Waals surface area contributed by atoms with Crippen molar-refractivity contribution in [2.75, 3.05) is 31.1 Å². The molecule has 0 aliphatic carbocycles. The molecule has 8 heteroatoms. The first-order valence-electron chi connectivity index (χ1n) is 10.5. The van der Waals surface area contributed by atoms with Crippen molar-refractivity contribution in [1.29, 1.82) is 0 Å². The molecule has 2 saturated heterocycles. The number of amides is 2. The van der Waals surface area contributed by atoms with Crippen molar-refractivity contribution in [3.63, 3.8) is 0 Å². The number of aromatic amines is 1. The third-order valence-electron chi connectivity index (χ3n) is 5.92. The van der Waals surface area contributed by atoms with Crippen LogP contribution in [0.4, 0.5) is 5.82 Å². The maximum atomic E-state index is 13.0. The van der Waals surface area contributed by atoms with Crippen molar-refractivity contribution in [3.05, 3.63) is 41.3 Å². The zero-order valence-electron chi connectivity index (χ0n) is 16.6. The number of H-pyrrole nitrogens is 1. The van der Waals surface area contributed by atoms with Gasteiger partial charge in [-0.05, 0) is 43.9 Å². The van der Waals surface area contributed by atoms with Crippen LogP contribution in [0.1, 0.15) is 71.0 Å². The van der Waals surface area contributed by atoms with E-state index in [0.717, 1.165) is 44.0 Å². The van der Waals surface area contributed by atoms with E-state index in [1.165, 1.54) is 25.7 Å². The average molecular weight is 396 g/mol. The molecule has 0 bridgehead atoms. The van der Waals surface area contributed by atoms with Crippen LogP contribution in [0.2, 0.25) is 0 Å².